The van der Waals surface area contributed by atoms with Crippen molar-refractivity contribution in [1.29, 1.82) is 5.26 Å². The Bertz CT molecular complexity index is 980. The lowest BCUT2D eigenvalue weighted by molar-refractivity contribution is 0.313. The fourth-order valence-corrected chi connectivity index (χ4v) is 2.91. The monoisotopic (exact) mass is 329 g/mol. The smallest absolute Gasteiger partial charge is 0.161 e. The van der Waals surface area contributed by atoms with Gasteiger partial charge in [-0.15, -0.1) is 0 Å². The topological polar surface area (TPSA) is 74.9 Å². The molecule has 0 atom stereocenters. The average Bonchev–Trinajstić information content (AvgIpc) is 2.67. The van der Waals surface area contributed by atoms with Crippen LogP contribution in [0.1, 0.15) is 11.3 Å². The second kappa shape index (κ2) is 6.21. The molecule has 0 aliphatic carbocycles. The first-order valence-corrected chi connectivity index (χ1v) is 7.95. The van der Waals surface area contributed by atoms with Gasteiger partial charge in [0.05, 0.1) is 41.1 Å². The lowest BCUT2D eigenvalue weighted by Gasteiger charge is -2.31. The highest BCUT2D eigenvalue weighted by molar-refractivity contribution is 5.76. The summed E-state index contributed by atoms with van der Waals surface area (Å²) in [5.74, 6) is 0.698. The first kappa shape index (κ1) is 15.1. The van der Waals surface area contributed by atoms with Crippen LogP contribution < -0.4 is 9.64 Å². The molecule has 0 aromatic carbocycles. The molecular weight excluding hydrogens is 314 g/mol. The van der Waals surface area contributed by atoms with Crippen LogP contribution in [0.3, 0.4) is 0 Å². The van der Waals surface area contributed by atoms with Crippen molar-refractivity contribution < 1.29 is 4.74 Å². The van der Waals surface area contributed by atoms with Crippen molar-refractivity contribution in [3.63, 3.8) is 0 Å². The number of ether oxygens (including phenoxy) is 1. The highest BCUT2D eigenvalue weighted by Gasteiger charge is 2.23. The van der Waals surface area contributed by atoms with E-state index in [4.69, 9.17) is 4.74 Å². The summed E-state index contributed by atoms with van der Waals surface area (Å²) in [4.78, 5) is 15.1. The minimum Gasteiger partial charge on any atom is -0.488 e. The minimum absolute atomic E-state index is 0.530. The van der Waals surface area contributed by atoms with E-state index < -0.39 is 0 Å². The third-order valence-electron chi connectivity index (χ3n) is 4.07. The highest BCUT2D eigenvalue weighted by atomic mass is 16.5. The van der Waals surface area contributed by atoms with Gasteiger partial charge < -0.3 is 9.64 Å². The maximum Gasteiger partial charge on any atom is 0.161 e. The molecule has 0 bridgehead atoms. The number of hydrogen-bond donors (Lipinski definition) is 0. The van der Waals surface area contributed by atoms with Crippen LogP contribution >= 0.6 is 0 Å². The number of anilines is 2. The van der Waals surface area contributed by atoms with Crippen LogP contribution in [0, 0.1) is 18.3 Å². The lowest BCUT2D eigenvalue weighted by atomic mass is 10.1. The molecule has 0 spiro atoms. The van der Waals surface area contributed by atoms with E-state index in [1.165, 1.54) is 0 Å². The summed E-state index contributed by atoms with van der Waals surface area (Å²) < 4.78 is 5.74. The van der Waals surface area contributed by atoms with Gasteiger partial charge in [0.2, 0.25) is 0 Å². The lowest BCUT2D eigenvalue weighted by Crippen LogP contribution is -2.29. The van der Waals surface area contributed by atoms with Crippen LogP contribution in [0.5, 0.6) is 5.75 Å². The molecule has 0 amide bonds. The van der Waals surface area contributed by atoms with Gasteiger partial charge in [-0.2, -0.15) is 5.26 Å². The van der Waals surface area contributed by atoms with Gasteiger partial charge in [0.15, 0.2) is 5.75 Å². The number of rotatable bonds is 2. The summed E-state index contributed by atoms with van der Waals surface area (Å²) in [6.07, 6.45) is 4.98. The van der Waals surface area contributed by atoms with Gasteiger partial charge in [0.1, 0.15) is 12.7 Å². The van der Waals surface area contributed by atoms with Gasteiger partial charge >= 0.3 is 0 Å². The molecule has 0 saturated heterocycles. The molecule has 1 aliphatic rings. The molecule has 6 heteroatoms. The third kappa shape index (κ3) is 2.76. The van der Waals surface area contributed by atoms with E-state index in [-0.39, 0.29) is 0 Å². The van der Waals surface area contributed by atoms with Crippen LogP contribution in [0.2, 0.25) is 0 Å². The molecule has 3 aromatic heterocycles. The molecule has 0 N–H and O–H groups in total. The minimum atomic E-state index is 0.530. The predicted octanol–water partition coefficient (Wildman–Crippen LogP) is 3.25. The zero-order valence-electron chi connectivity index (χ0n) is 13.7. The number of fused-ring (bicyclic) bond motifs is 1. The van der Waals surface area contributed by atoms with Gasteiger partial charge in [0.25, 0.3) is 0 Å². The second-order valence-corrected chi connectivity index (χ2v) is 5.71. The zero-order valence-corrected chi connectivity index (χ0v) is 13.7. The van der Waals surface area contributed by atoms with E-state index in [0.717, 1.165) is 28.5 Å². The predicted molar refractivity (Wildman–Crippen MR) is 93.7 cm³/mol. The van der Waals surface area contributed by atoms with E-state index in [1.54, 1.807) is 18.6 Å². The van der Waals surface area contributed by atoms with Crippen molar-refractivity contribution in [2.45, 2.75) is 6.92 Å². The number of hydrogen-bond acceptors (Lipinski definition) is 6. The van der Waals surface area contributed by atoms with E-state index in [1.807, 2.05) is 37.3 Å². The standard InChI is InChI=1S/C19H15N5O/c1-13-3-2-4-15(23-13)16-9-18-19(12-22-16)25-8-7-24(18)17-5-6-21-11-14(17)10-20/h2-6,9,11-12H,7-8H2,1H3. The average molecular weight is 329 g/mol. The molecule has 4 rings (SSSR count). The summed E-state index contributed by atoms with van der Waals surface area (Å²) in [6.45, 7) is 3.13. The quantitative estimate of drug-likeness (QED) is 0.718. The Morgan fingerprint density at radius 2 is 2.08 bits per heavy atom. The normalized spacial score (nSPS) is 12.9. The SMILES string of the molecule is Cc1cccc(-c2cc3c(cn2)OCCN3c2ccncc2C#N)n1. The van der Waals surface area contributed by atoms with E-state index in [0.29, 0.717) is 24.5 Å². The largest absolute Gasteiger partial charge is 0.488 e. The molecule has 6 nitrogen and oxygen atoms in total. The first-order valence-electron chi connectivity index (χ1n) is 7.95. The van der Waals surface area contributed by atoms with Crippen LogP contribution in [-0.2, 0) is 0 Å². The maximum atomic E-state index is 9.39. The molecular formula is C19H15N5O. The number of nitriles is 1. The van der Waals surface area contributed by atoms with Crippen LogP contribution in [0.15, 0.2) is 48.9 Å². The van der Waals surface area contributed by atoms with E-state index in [2.05, 4.69) is 25.9 Å². The Labute approximate surface area is 145 Å². The zero-order chi connectivity index (χ0) is 17.2. The number of pyridine rings is 3. The Kier molecular flexibility index (Phi) is 3.75. The summed E-state index contributed by atoms with van der Waals surface area (Å²) in [7, 11) is 0. The first-order chi connectivity index (χ1) is 12.3. The van der Waals surface area contributed by atoms with Crippen molar-refractivity contribution in [2.75, 3.05) is 18.1 Å². The third-order valence-corrected chi connectivity index (χ3v) is 4.07. The van der Waals surface area contributed by atoms with Crippen LogP contribution in [0.4, 0.5) is 11.4 Å². The van der Waals surface area contributed by atoms with Gasteiger partial charge in [0, 0.05) is 18.1 Å². The van der Waals surface area contributed by atoms with Crippen LogP contribution in [-0.4, -0.2) is 28.1 Å². The molecule has 0 saturated carbocycles. The van der Waals surface area contributed by atoms with E-state index >= 15 is 0 Å². The van der Waals surface area contributed by atoms with Gasteiger partial charge in [-0.3, -0.25) is 15.0 Å². The van der Waals surface area contributed by atoms with Crippen molar-refractivity contribution in [1.82, 2.24) is 15.0 Å². The van der Waals surface area contributed by atoms with Crippen molar-refractivity contribution in [3.8, 4) is 23.2 Å². The molecule has 122 valence electrons. The highest BCUT2D eigenvalue weighted by Crippen LogP contribution is 2.38. The van der Waals surface area contributed by atoms with Crippen molar-refractivity contribution in [3.05, 3.63) is 60.2 Å². The second-order valence-electron chi connectivity index (χ2n) is 5.71. The Morgan fingerprint density at radius 3 is 2.92 bits per heavy atom. The van der Waals surface area contributed by atoms with Gasteiger partial charge in [-0.05, 0) is 31.2 Å². The van der Waals surface area contributed by atoms with Gasteiger partial charge in [-0.25, -0.2) is 0 Å². The molecule has 0 unspecified atom stereocenters. The van der Waals surface area contributed by atoms with Crippen LogP contribution in [0.25, 0.3) is 11.4 Å². The molecule has 1 aliphatic heterocycles. The molecule has 25 heavy (non-hydrogen) atoms. The van der Waals surface area contributed by atoms with Gasteiger partial charge in [-0.1, -0.05) is 6.07 Å². The molecule has 4 heterocycles. The van der Waals surface area contributed by atoms with E-state index in [9.17, 15) is 5.26 Å². The molecule has 3 aromatic rings. The number of aromatic nitrogens is 3. The summed E-state index contributed by atoms with van der Waals surface area (Å²) >= 11 is 0. The number of nitrogens with zero attached hydrogens (tertiary/aromatic N) is 5. The Balaban J connectivity index is 1.83. The number of aryl methyl sites for hydroxylation is 1. The van der Waals surface area contributed by atoms with Crippen molar-refractivity contribution in [2.24, 2.45) is 0 Å². The maximum absolute atomic E-state index is 9.39. The Morgan fingerprint density at radius 1 is 1.16 bits per heavy atom. The van der Waals surface area contributed by atoms with Crippen molar-refractivity contribution >= 4 is 11.4 Å². The fraction of sp³-hybridized carbons (Fsp3) is 0.158. The molecule has 0 radical (unpaired) electrons. The fourth-order valence-electron chi connectivity index (χ4n) is 2.91. The Hall–Kier alpha value is -3.46. The summed E-state index contributed by atoms with van der Waals surface area (Å²) in [6, 6.07) is 11.9. The summed E-state index contributed by atoms with van der Waals surface area (Å²) in [5.41, 5.74) is 4.74. The summed E-state index contributed by atoms with van der Waals surface area (Å²) in [5, 5.41) is 9.39. The molecule has 0 fully saturated rings.